The summed E-state index contributed by atoms with van der Waals surface area (Å²) in [6, 6.07) is 9.66. The smallest absolute Gasteiger partial charge is 0.179 e. The van der Waals surface area contributed by atoms with Crippen LogP contribution in [0.15, 0.2) is 39.6 Å². The monoisotopic (exact) mass is 343 g/mol. The molecule has 3 aromatic rings. The van der Waals surface area contributed by atoms with Crippen LogP contribution in [0.3, 0.4) is 0 Å². The van der Waals surface area contributed by atoms with E-state index in [0.717, 1.165) is 29.0 Å². The maximum atomic E-state index is 9.04. The lowest BCUT2D eigenvalue weighted by molar-refractivity contribution is 0.531. The Balaban J connectivity index is 2.27. The maximum Gasteiger partial charge on any atom is 0.179 e. The van der Waals surface area contributed by atoms with Crippen molar-refractivity contribution in [2.24, 2.45) is 5.92 Å². The average Bonchev–Trinajstić information content (AvgIpc) is 3.02. The van der Waals surface area contributed by atoms with Gasteiger partial charge in [-0.15, -0.1) is 0 Å². The molecule has 0 bridgehead atoms. The molecule has 106 valence electrons. The number of benzene rings is 1. The summed E-state index contributed by atoms with van der Waals surface area (Å²) in [6.07, 6.45) is 1.64. The second-order valence-corrected chi connectivity index (χ2v) is 6.08. The van der Waals surface area contributed by atoms with E-state index in [1.807, 2.05) is 24.3 Å². The van der Waals surface area contributed by atoms with Crippen molar-refractivity contribution in [3.8, 4) is 17.5 Å². The fourth-order valence-electron chi connectivity index (χ4n) is 2.41. The van der Waals surface area contributed by atoms with Crippen LogP contribution in [0, 0.1) is 17.2 Å². The first-order valence-corrected chi connectivity index (χ1v) is 7.53. The Labute approximate surface area is 131 Å². The van der Waals surface area contributed by atoms with Crippen molar-refractivity contribution in [1.82, 2.24) is 9.55 Å². The number of hydrogen-bond donors (Lipinski definition) is 0. The standard InChI is InChI=1S/C16H14BrN3O/c1-10(2)9-20-14-4-3-11(8-18)7-13(14)19-16(20)12-5-6-21-15(12)17/h3-7,10H,9H2,1-2H3. The summed E-state index contributed by atoms with van der Waals surface area (Å²) in [5, 5.41) is 9.04. The van der Waals surface area contributed by atoms with E-state index in [4.69, 9.17) is 14.7 Å². The van der Waals surface area contributed by atoms with Crippen LogP contribution in [0.2, 0.25) is 0 Å². The molecule has 0 N–H and O–H groups in total. The summed E-state index contributed by atoms with van der Waals surface area (Å²) in [5.41, 5.74) is 3.41. The Morgan fingerprint density at radius 2 is 2.19 bits per heavy atom. The molecule has 0 saturated heterocycles. The van der Waals surface area contributed by atoms with E-state index in [1.54, 1.807) is 6.26 Å². The lowest BCUT2D eigenvalue weighted by Crippen LogP contribution is -2.06. The molecule has 0 spiro atoms. The van der Waals surface area contributed by atoms with Crippen LogP contribution < -0.4 is 0 Å². The minimum absolute atomic E-state index is 0.488. The predicted octanol–water partition coefficient (Wildman–Crippen LogP) is 4.59. The lowest BCUT2D eigenvalue weighted by Gasteiger charge is -2.11. The van der Waals surface area contributed by atoms with Gasteiger partial charge in [0.15, 0.2) is 4.67 Å². The molecular formula is C16H14BrN3O. The number of hydrogen-bond acceptors (Lipinski definition) is 3. The van der Waals surface area contributed by atoms with Gasteiger partial charge in [-0.3, -0.25) is 0 Å². The van der Waals surface area contributed by atoms with Crippen molar-refractivity contribution in [3.05, 3.63) is 40.8 Å². The molecule has 3 rings (SSSR count). The van der Waals surface area contributed by atoms with Gasteiger partial charge in [-0.25, -0.2) is 4.98 Å². The first kappa shape index (κ1) is 13.9. The van der Waals surface area contributed by atoms with E-state index >= 15 is 0 Å². The van der Waals surface area contributed by atoms with Crippen molar-refractivity contribution in [3.63, 3.8) is 0 Å². The van der Waals surface area contributed by atoms with Crippen molar-refractivity contribution in [2.75, 3.05) is 0 Å². The third-order valence-corrected chi connectivity index (χ3v) is 3.90. The SMILES string of the molecule is CC(C)Cn1c(-c2ccoc2Br)nc2cc(C#N)ccc21. The average molecular weight is 344 g/mol. The molecule has 0 amide bonds. The van der Waals surface area contributed by atoms with Gasteiger partial charge in [-0.1, -0.05) is 13.8 Å². The Bertz CT molecular complexity index is 839. The number of rotatable bonds is 3. The second-order valence-electron chi connectivity index (χ2n) is 5.36. The Hall–Kier alpha value is -2.06. The van der Waals surface area contributed by atoms with E-state index < -0.39 is 0 Å². The highest BCUT2D eigenvalue weighted by atomic mass is 79.9. The Kier molecular flexibility index (Phi) is 3.56. The first-order valence-electron chi connectivity index (χ1n) is 6.74. The molecule has 0 aliphatic heterocycles. The summed E-state index contributed by atoms with van der Waals surface area (Å²) < 4.78 is 8.18. The number of fused-ring (bicyclic) bond motifs is 1. The zero-order valence-electron chi connectivity index (χ0n) is 11.8. The highest BCUT2D eigenvalue weighted by molar-refractivity contribution is 9.10. The van der Waals surface area contributed by atoms with Gasteiger partial charge in [-0.05, 0) is 46.1 Å². The lowest BCUT2D eigenvalue weighted by atomic mass is 10.2. The van der Waals surface area contributed by atoms with Crippen LogP contribution in [0.1, 0.15) is 19.4 Å². The van der Waals surface area contributed by atoms with Crippen molar-refractivity contribution < 1.29 is 4.42 Å². The van der Waals surface area contributed by atoms with Crippen LogP contribution in [-0.4, -0.2) is 9.55 Å². The Morgan fingerprint density at radius 3 is 2.81 bits per heavy atom. The molecule has 0 aliphatic rings. The van der Waals surface area contributed by atoms with Gasteiger partial charge in [0.1, 0.15) is 5.82 Å². The van der Waals surface area contributed by atoms with Gasteiger partial charge in [0, 0.05) is 6.54 Å². The third kappa shape index (κ3) is 2.47. The predicted molar refractivity (Wildman–Crippen MR) is 84.7 cm³/mol. The van der Waals surface area contributed by atoms with Crippen LogP contribution in [-0.2, 0) is 6.54 Å². The van der Waals surface area contributed by atoms with Gasteiger partial charge < -0.3 is 8.98 Å². The van der Waals surface area contributed by atoms with E-state index in [1.165, 1.54) is 0 Å². The van der Waals surface area contributed by atoms with Gasteiger partial charge in [0.05, 0.1) is 34.5 Å². The van der Waals surface area contributed by atoms with E-state index in [0.29, 0.717) is 16.2 Å². The molecule has 5 heteroatoms. The fraction of sp³-hybridized carbons (Fsp3) is 0.250. The topological polar surface area (TPSA) is 54.8 Å². The molecule has 4 nitrogen and oxygen atoms in total. The molecular weight excluding hydrogens is 330 g/mol. The van der Waals surface area contributed by atoms with E-state index in [-0.39, 0.29) is 0 Å². The second kappa shape index (κ2) is 5.38. The summed E-state index contributed by atoms with van der Waals surface area (Å²) in [4.78, 5) is 4.70. The highest BCUT2D eigenvalue weighted by Crippen LogP contribution is 2.32. The minimum Gasteiger partial charge on any atom is -0.457 e. The van der Waals surface area contributed by atoms with Gasteiger partial charge in [-0.2, -0.15) is 5.26 Å². The number of aromatic nitrogens is 2. The molecule has 2 aromatic heterocycles. The highest BCUT2D eigenvalue weighted by Gasteiger charge is 2.17. The largest absolute Gasteiger partial charge is 0.457 e. The molecule has 1 aromatic carbocycles. The van der Waals surface area contributed by atoms with Crippen LogP contribution in [0.25, 0.3) is 22.4 Å². The van der Waals surface area contributed by atoms with Crippen LogP contribution in [0.5, 0.6) is 0 Å². The molecule has 0 atom stereocenters. The van der Waals surface area contributed by atoms with Crippen LogP contribution >= 0.6 is 15.9 Å². The quantitative estimate of drug-likeness (QED) is 0.698. The summed E-state index contributed by atoms with van der Waals surface area (Å²) in [5.74, 6) is 1.34. The molecule has 0 fully saturated rings. The summed E-state index contributed by atoms with van der Waals surface area (Å²) >= 11 is 3.42. The molecule has 0 radical (unpaired) electrons. The summed E-state index contributed by atoms with van der Waals surface area (Å²) in [6.45, 7) is 5.20. The van der Waals surface area contributed by atoms with Crippen molar-refractivity contribution in [1.29, 1.82) is 5.26 Å². The normalized spacial score (nSPS) is 11.2. The number of imidazole rings is 1. The zero-order chi connectivity index (χ0) is 15.0. The molecule has 0 saturated carbocycles. The van der Waals surface area contributed by atoms with Crippen LogP contribution in [0.4, 0.5) is 0 Å². The summed E-state index contributed by atoms with van der Waals surface area (Å²) in [7, 11) is 0. The van der Waals surface area contributed by atoms with Crippen molar-refractivity contribution in [2.45, 2.75) is 20.4 Å². The molecule has 0 aliphatic carbocycles. The molecule has 0 unspecified atom stereocenters. The zero-order valence-corrected chi connectivity index (χ0v) is 13.4. The van der Waals surface area contributed by atoms with Gasteiger partial charge in [0.25, 0.3) is 0 Å². The number of nitrogens with zero attached hydrogens (tertiary/aromatic N) is 3. The number of nitriles is 1. The molecule has 2 heterocycles. The fourth-order valence-corrected chi connectivity index (χ4v) is 2.83. The molecule has 21 heavy (non-hydrogen) atoms. The maximum absolute atomic E-state index is 9.04. The third-order valence-electron chi connectivity index (χ3n) is 3.28. The van der Waals surface area contributed by atoms with E-state index in [9.17, 15) is 0 Å². The van der Waals surface area contributed by atoms with Gasteiger partial charge in [0.2, 0.25) is 0 Å². The van der Waals surface area contributed by atoms with Crippen molar-refractivity contribution >= 4 is 27.0 Å². The Morgan fingerprint density at radius 1 is 1.38 bits per heavy atom. The minimum atomic E-state index is 0.488. The van der Waals surface area contributed by atoms with Gasteiger partial charge >= 0.3 is 0 Å². The number of furan rings is 1. The first-order chi connectivity index (χ1) is 10.1. The number of halogens is 1. The van der Waals surface area contributed by atoms with E-state index in [2.05, 4.69) is 40.4 Å².